The minimum atomic E-state index is 0. The van der Waals surface area contributed by atoms with Crippen LogP contribution >= 0.6 is 11.3 Å². The highest BCUT2D eigenvalue weighted by Crippen LogP contribution is 2.17. The molecule has 1 nitrogen and oxygen atoms in total. The summed E-state index contributed by atoms with van der Waals surface area (Å²) in [6.07, 6.45) is 0. The number of thiophene rings is 1. The lowest BCUT2D eigenvalue weighted by atomic mass is 10.4. The zero-order valence-electron chi connectivity index (χ0n) is 8.10. The van der Waals surface area contributed by atoms with Crippen LogP contribution in [0, 0.1) is 6.92 Å². The number of hydrogen-bond acceptors (Lipinski definition) is 1. The molecule has 70 valence electrons. The molecule has 0 amide bonds. The van der Waals surface area contributed by atoms with Crippen LogP contribution in [0.4, 0.5) is 0 Å². The maximum absolute atomic E-state index is 2.23. The van der Waals surface area contributed by atoms with Gasteiger partial charge in [-0.25, -0.2) is 0 Å². The first-order valence-electron chi connectivity index (χ1n) is 3.83. The largest absolute Gasteiger partial charge is 1.00 e. The molecule has 0 unspecified atom stereocenters. The molecule has 1 aromatic rings. The number of halogens is 1. The number of aryl methyl sites for hydroxylation is 1. The van der Waals surface area contributed by atoms with E-state index in [1.54, 1.807) is 0 Å². The fraction of sp³-hybridized carbons (Fsp3) is 0.556. The number of rotatable bonds is 2. The second kappa shape index (κ2) is 4.58. The SMILES string of the molecule is Cc1ccc(C[N+](C)(C)C)s1.[I-]. The summed E-state index contributed by atoms with van der Waals surface area (Å²) in [5.41, 5.74) is 0. The normalized spacial score (nSPS) is 11.0. The molecule has 1 rings (SSSR count). The maximum atomic E-state index is 2.23. The Morgan fingerprint density at radius 3 is 2.17 bits per heavy atom. The average Bonchev–Trinajstić information content (AvgIpc) is 2.10. The van der Waals surface area contributed by atoms with Gasteiger partial charge in [0.15, 0.2) is 0 Å². The third kappa shape index (κ3) is 4.42. The van der Waals surface area contributed by atoms with Crippen molar-refractivity contribution in [3.63, 3.8) is 0 Å². The highest BCUT2D eigenvalue weighted by molar-refractivity contribution is 7.11. The first kappa shape index (κ1) is 12.4. The van der Waals surface area contributed by atoms with Crippen LogP contribution in [0.1, 0.15) is 9.75 Å². The van der Waals surface area contributed by atoms with Gasteiger partial charge in [0.1, 0.15) is 6.54 Å². The van der Waals surface area contributed by atoms with Gasteiger partial charge in [-0.3, -0.25) is 0 Å². The summed E-state index contributed by atoms with van der Waals surface area (Å²) < 4.78 is 1.01. The molecule has 0 saturated carbocycles. The molecule has 0 atom stereocenters. The molecule has 3 heteroatoms. The second-order valence-electron chi connectivity index (χ2n) is 3.96. The van der Waals surface area contributed by atoms with Crippen molar-refractivity contribution in [1.29, 1.82) is 0 Å². The van der Waals surface area contributed by atoms with E-state index in [1.807, 2.05) is 11.3 Å². The van der Waals surface area contributed by atoms with E-state index >= 15 is 0 Å². The van der Waals surface area contributed by atoms with Gasteiger partial charge in [-0.05, 0) is 19.1 Å². The molecule has 0 aliphatic heterocycles. The van der Waals surface area contributed by atoms with Gasteiger partial charge in [0.05, 0.1) is 26.0 Å². The lowest BCUT2D eigenvalue weighted by Crippen LogP contribution is -3.00. The van der Waals surface area contributed by atoms with E-state index in [4.69, 9.17) is 0 Å². The first-order chi connectivity index (χ1) is 4.97. The topological polar surface area (TPSA) is 0 Å². The third-order valence-electron chi connectivity index (χ3n) is 1.43. The molecule has 0 saturated heterocycles. The molecule has 1 aromatic heterocycles. The molecule has 0 spiro atoms. The smallest absolute Gasteiger partial charge is 0.113 e. The molecule has 0 aliphatic rings. The van der Waals surface area contributed by atoms with Gasteiger partial charge in [-0.2, -0.15) is 0 Å². The molecule has 12 heavy (non-hydrogen) atoms. The van der Waals surface area contributed by atoms with Crippen molar-refractivity contribution in [2.75, 3.05) is 21.1 Å². The van der Waals surface area contributed by atoms with Crippen LogP contribution in [0.5, 0.6) is 0 Å². The van der Waals surface area contributed by atoms with Crippen molar-refractivity contribution in [2.24, 2.45) is 0 Å². The Morgan fingerprint density at radius 2 is 1.83 bits per heavy atom. The van der Waals surface area contributed by atoms with Crippen LogP contribution in [0.2, 0.25) is 0 Å². The molecule has 0 aliphatic carbocycles. The minimum absolute atomic E-state index is 0. The van der Waals surface area contributed by atoms with Crippen molar-refractivity contribution in [3.8, 4) is 0 Å². The van der Waals surface area contributed by atoms with Crippen LogP contribution in [-0.2, 0) is 6.54 Å². The monoisotopic (exact) mass is 297 g/mol. The third-order valence-corrected chi connectivity index (χ3v) is 2.41. The minimum Gasteiger partial charge on any atom is -1.00 e. The van der Waals surface area contributed by atoms with Gasteiger partial charge in [0.25, 0.3) is 0 Å². The van der Waals surface area contributed by atoms with Crippen molar-refractivity contribution < 1.29 is 28.5 Å². The van der Waals surface area contributed by atoms with E-state index in [1.165, 1.54) is 9.75 Å². The second-order valence-corrected chi connectivity index (χ2v) is 5.33. The quantitative estimate of drug-likeness (QED) is 0.499. The van der Waals surface area contributed by atoms with Crippen LogP contribution in [0.3, 0.4) is 0 Å². The van der Waals surface area contributed by atoms with Crippen LogP contribution < -0.4 is 24.0 Å². The molecule has 1 heterocycles. The van der Waals surface area contributed by atoms with E-state index in [-0.39, 0.29) is 24.0 Å². The summed E-state index contributed by atoms with van der Waals surface area (Å²) >= 11 is 1.90. The van der Waals surface area contributed by atoms with Gasteiger partial charge in [0.2, 0.25) is 0 Å². The Morgan fingerprint density at radius 1 is 1.25 bits per heavy atom. The molecule has 0 N–H and O–H groups in total. The molecular weight excluding hydrogens is 281 g/mol. The molecule has 0 radical (unpaired) electrons. The average molecular weight is 297 g/mol. The summed E-state index contributed by atoms with van der Waals surface area (Å²) in [6.45, 7) is 3.29. The number of quaternary nitrogens is 1. The standard InChI is InChI=1S/C9H16NS.HI/c1-8-5-6-9(11-8)7-10(2,3)4;/h5-6H,7H2,1-4H3;1H/q+1;/p-1. The van der Waals surface area contributed by atoms with E-state index in [9.17, 15) is 0 Å². The van der Waals surface area contributed by atoms with Crippen LogP contribution in [0.25, 0.3) is 0 Å². The lowest BCUT2D eigenvalue weighted by molar-refractivity contribution is -0.883. The van der Waals surface area contributed by atoms with Crippen molar-refractivity contribution in [2.45, 2.75) is 13.5 Å². The predicted molar refractivity (Wildman–Crippen MR) is 50.8 cm³/mol. The zero-order valence-corrected chi connectivity index (χ0v) is 11.1. The highest BCUT2D eigenvalue weighted by atomic mass is 127. The summed E-state index contributed by atoms with van der Waals surface area (Å²) in [7, 11) is 6.65. The van der Waals surface area contributed by atoms with Crippen molar-refractivity contribution in [3.05, 3.63) is 21.9 Å². The molecule has 0 aromatic carbocycles. The zero-order chi connectivity index (χ0) is 8.48. The van der Waals surface area contributed by atoms with Crippen molar-refractivity contribution in [1.82, 2.24) is 0 Å². The summed E-state index contributed by atoms with van der Waals surface area (Å²) in [4.78, 5) is 2.89. The molecular formula is C9H16INS. The lowest BCUT2D eigenvalue weighted by Gasteiger charge is -2.22. The fourth-order valence-corrected chi connectivity index (χ4v) is 2.18. The van der Waals surface area contributed by atoms with Crippen LogP contribution in [-0.4, -0.2) is 25.6 Å². The van der Waals surface area contributed by atoms with E-state index in [0.29, 0.717) is 0 Å². The van der Waals surface area contributed by atoms with Crippen molar-refractivity contribution >= 4 is 11.3 Å². The van der Waals surface area contributed by atoms with Crippen LogP contribution in [0.15, 0.2) is 12.1 Å². The molecule has 0 bridgehead atoms. The van der Waals surface area contributed by atoms with E-state index in [2.05, 4.69) is 40.2 Å². The van der Waals surface area contributed by atoms with Gasteiger partial charge in [0, 0.05) is 4.88 Å². The maximum Gasteiger partial charge on any atom is 0.113 e. The summed E-state index contributed by atoms with van der Waals surface area (Å²) in [5, 5.41) is 0. The Labute approximate surface area is 96.0 Å². The first-order valence-corrected chi connectivity index (χ1v) is 4.65. The summed E-state index contributed by atoms with van der Waals surface area (Å²) in [6, 6.07) is 4.42. The van der Waals surface area contributed by atoms with E-state index < -0.39 is 0 Å². The predicted octanol–water partition coefficient (Wildman–Crippen LogP) is -0.733. The number of hydrogen-bond donors (Lipinski definition) is 0. The van der Waals surface area contributed by atoms with Gasteiger partial charge >= 0.3 is 0 Å². The Kier molecular flexibility index (Phi) is 4.73. The Balaban J connectivity index is 0.00000121. The highest BCUT2D eigenvalue weighted by Gasteiger charge is 2.09. The number of nitrogens with zero attached hydrogens (tertiary/aromatic N) is 1. The van der Waals surface area contributed by atoms with Gasteiger partial charge < -0.3 is 28.5 Å². The van der Waals surface area contributed by atoms with E-state index in [0.717, 1.165) is 11.0 Å². The van der Waals surface area contributed by atoms with Gasteiger partial charge in [-0.15, -0.1) is 11.3 Å². The Hall–Kier alpha value is 0.390. The fourth-order valence-electron chi connectivity index (χ4n) is 1.04. The van der Waals surface area contributed by atoms with Gasteiger partial charge in [-0.1, -0.05) is 0 Å². The molecule has 0 fully saturated rings. The summed E-state index contributed by atoms with van der Waals surface area (Å²) in [5.74, 6) is 0. The Bertz CT molecular complexity index is 237.